The highest BCUT2D eigenvalue weighted by atomic mass is 19.3. The summed E-state index contributed by atoms with van der Waals surface area (Å²) in [5, 5.41) is 16.8. The molecule has 0 spiro atoms. The van der Waals surface area contributed by atoms with Crippen LogP contribution in [0.15, 0.2) is 41.8 Å². The molecule has 1 saturated carbocycles. The molecule has 0 radical (unpaired) electrons. The quantitative estimate of drug-likeness (QED) is 0.416. The van der Waals surface area contributed by atoms with Crippen molar-refractivity contribution in [2.75, 3.05) is 0 Å². The number of hydrogen-bond donors (Lipinski definition) is 1. The average molecular weight is 360 g/mol. The van der Waals surface area contributed by atoms with Gasteiger partial charge in [0.1, 0.15) is 11.3 Å². The minimum atomic E-state index is -2.89. The zero-order valence-electron chi connectivity index (χ0n) is 13.6. The van der Waals surface area contributed by atoms with E-state index in [-0.39, 0.29) is 5.92 Å². The Balaban J connectivity index is 1.73. The molecular weight excluding hydrogens is 345 g/mol. The Morgan fingerprint density at radius 2 is 2.04 bits per heavy atom. The van der Waals surface area contributed by atoms with Gasteiger partial charge in [-0.15, -0.1) is 0 Å². The maximum atomic E-state index is 13.5. The van der Waals surface area contributed by atoms with Crippen molar-refractivity contribution in [3.8, 4) is 11.1 Å². The van der Waals surface area contributed by atoms with E-state index in [9.17, 15) is 18.4 Å². The predicted molar refractivity (Wildman–Crippen MR) is 89.8 cm³/mol. The fourth-order valence-corrected chi connectivity index (χ4v) is 2.94. The van der Waals surface area contributed by atoms with E-state index in [1.807, 2.05) is 0 Å². The summed E-state index contributed by atoms with van der Waals surface area (Å²) in [7, 11) is 0. The highest BCUT2D eigenvalue weighted by Crippen LogP contribution is 2.32. The number of hydrogen-bond acceptors (Lipinski definition) is 4. The Bertz CT molecular complexity index is 995. The van der Waals surface area contributed by atoms with Crippen molar-refractivity contribution in [3.05, 3.63) is 48.0 Å². The van der Waals surface area contributed by atoms with Crippen LogP contribution < -0.4 is 0 Å². The van der Waals surface area contributed by atoms with E-state index in [1.165, 1.54) is 6.07 Å². The number of nitrogens with zero attached hydrogens (tertiary/aromatic N) is 4. The summed E-state index contributed by atoms with van der Waals surface area (Å²) in [6.07, 6.45) is 2.23. The molecule has 1 N–H and O–H groups in total. The van der Waals surface area contributed by atoms with Gasteiger partial charge in [-0.25, -0.2) is 13.2 Å². The van der Waals surface area contributed by atoms with Gasteiger partial charge < -0.3 is 5.21 Å². The van der Waals surface area contributed by atoms with E-state index in [0.29, 0.717) is 34.4 Å². The number of pyridine rings is 1. The van der Waals surface area contributed by atoms with Crippen molar-refractivity contribution in [2.45, 2.75) is 25.8 Å². The first-order valence-corrected chi connectivity index (χ1v) is 8.17. The zero-order valence-corrected chi connectivity index (χ0v) is 13.6. The van der Waals surface area contributed by atoms with Gasteiger partial charge in [-0.2, -0.15) is 5.10 Å². The molecule has 0 bridgehead atoms. The molecule has 0 saturated heterocycles. The third-order valence-electron chi connectivity index (χ3n) is 4.55. The van der Waals surface area contributed by atoms with E-state index in [2.05, 4.69) is 15.2 Å². The first-order chi connectivity index (χ1) is 12.6. The number of alkyl halides is 2. The van der Waals surface area contributed by atoms with Crippen LogP contribution in [-0.2, 0) is 6.54 Å². The first kappa shape index (κ1) is 16.6. The monoisotopic (exact) mass is 360 g/mol. The van der Waals surface area contributed by atoms with E-state index in [0.717, 1.165) is 25.0 Å². The maximum absolute atomic E-state index is 13.5. The molecule has 1 aliphatic rings. The summed E-state index contributed by atoms with van der Waals surface area (Å²) in [5.41, 5.74) is 2.36. The van der Waals surface area contributed by atoms with Crippen molar-refractivity contribution in [1.29, 1.82) is 0 Å². The van der Waals surface area contributed by atoms with E-state index < -0.39 is 17.8 Å². The first-order valence-electron chi connectivity index (χ1n) is 8.17. The molecule has 8 heteroatoms. The van der Waals surface area contributed by atoms with Crippen LogP contribution in [0.3, 0.4) is 0 Å². The lowest BCUT2D eigenvalue weighted by molar-refractivity contribution is 0.146. The van der Waals surface area contributed by atoms with Crippen LogP contribution >= 0.6 is 0 Å². The minimum Gasteiger partial charge on any atom is -0.411 e. The SMILES string of the molecule is O/N=C(/Cn1ncc2ncc(-c3ccc(F)c(C(F)F)c3)cc21)C1CC1. The van der Waals surface area contributed by atoms with Gasteiger partial charge in [0.05, 0.1) is 29.5 Å². The minimum absolute atomic E-state index is 0.279. The van der Waals surface area contributed by atoms with Crippen LogP contribution in [0.25, 0.3) is 22.2 Å². The van der Waals surface area contributed by atoms with Crippen molar-refractivity contribution in [2.24, 2.45) is 11.1 Å². The van der Waals surface area contributed by atoms with E-state index in [1.54, 1.807) is 23.1 Å². The zero-order chi connectivity index (χ0) is 18.3. The smallest absolute Gasteiger partial charge is 0.266 e. The van der Waals surface area contributed by atoms with Crippen molar-refractivity contribution < 1.29 is 18.4 Å². The Labute approximate surface area is 146 Å². The summed E-state index contributed by atoms with van der Waals surface area (Å²) >= 11 is 0. The summed E-state index contributed by atoms with van der Waals surface area (Å²) in [5.74, 6) is -0.655. The lowest BCUT2D eigenvalue weighted by Crippen LogP contribution is -2.13. The van der Waals surface area contributed by atoms with Gasteiger partial charge in [0.25, 0.3) is 6.43 Å². The second-order valence-electron chi connectivity index (χ2n) is 6.33. The molecule has 0 atom stereocenters. The standard InChI is InChI=1S/C18H15F3N4O/c19-14-4-3-11(5-13(14)18(20)21)12-6-17-15(22-7-12)8-23-25(17)9-16(24-26)10-1-2-10/h3-8,10,18,26H,1-2,9H2/b24-16-. The summed E-state index contributed by atoms with van der Waals surface area (Å²) in [4.78, 5) is 4.30. The van der Waals surface area contributed by atoms with Crippen LogP contribution in [0, 0.1) is 11.7 Å². The predicted octanol–water partition coefficient (Wildman–Crippen LogP) is 4.42. The van der Waals surface area contributed by atoms with Gasteiger partial charge in [-0.3, -0.25) is 9.67 Å². The van der Waals surface area contributed by atoms with Crippen LogP contribution in [0.4, 0.5) is 13.2 Å². The highest BCUT2D eigenvalue weighted by Gasteiger charge is 2.28. The molecule has 0 amide bonds. The summed E-state index contributed by atoms with van der Waals surface area (Å²) < 4.78 is 41.1. The Kier molecular flexibility index (Phi) is 4.10. The molecule has 5 nitrogen and oxygen atoms in total. The van der Waals surface area contributed by atoms with E-state index in [4.69, 9.17) is 0 Å². The molecule has 1 aliphatic carbocycles. The third kappa shape index (κ3) is 3.02. The van der Waals surface area contributed by atoms with Crippen molar-refractivity contribution in [1.82, 2.24) is 14.8 Å². The molecule has 4 rings (SSSR count). The highest BCUT2D eigenvalue weighted by molar-refractivity contribution is 5.89. The average Bonchev–Trinajstić information content (AvgIpc) is 3.40. The summed E-state index contributed by atoms with van der Waals surface area (Å²) in [6, 6.07) is 5.37. The number of rotatable bonds is 5. The van der Waals surface area contributed by atoms with Gasteiger partial charge in [0.2, 0.25) is 0 Å². The number of aromatic nitrogens is 3. The molecule has 0 unspecified atom stereocenters. The number of fused-ring (bicyclic) bond motifs is 1. The maximum Gasteiger partial charge on any atom is 0.266 e. The molecule has 26 heavy (non-hydrogen) atoms. The van der Waals surface area contributed by atoms with Gasteiger partial charge in [-0.05, 0) is 36.6 Å². The van der Waals surface area contributed by atoms with Crippen molar-refractivity contribution >= 4 is 16.7 Å². The molecule has 3 aromatic rings. The third-order valence-corrected chi connectivity index (χ3v) is 4.55. The normalized spacial score (nSPS) is 15.2. The lowest BCUT2D eigenvalue weighted by Gasteiger charge is -2.08. The van der Waals surface area contributed by atoms with Gasteiger partial charge in [0.15, 0.2) is 0 Å². The Morgan fingerprint density at radius 3 is 2.73 bits per heavy atom. The van der Waals surface area contributed by atoms with Gasteiger partial charge in [-0.1, -0.05) is 11.2 Å². The van der Waals surface area contributed by atoms with Gasteiger partial charge in [0, 0.05) is 17.7 Å². The largest absolute Gasteiger partial charge is 0.411 e. The second kappa shape index (κ2) is 6.44. The van der Waals surface area contributed by atoms with Crippen LogP contribution in [-0.4, -0.2) is 25.7 Å². The van der Waals surface area contributed by atoms with Crippen molar-refractivity contribution in [3.63, 3.8) is 0 Å². The Hall–Kier alpha value is -2.90. The lowest BCUT2D eigenvalue weighted by atomic mass is 10.0. The fourth-order valence-electron chi connectivity index (χ4n) is 2.94. The Morgan fingerprint density at radius 1 is 1.23 bits per heavy atom. The van der Waals surface area contributed by atoms with Crippen LogP contribution in [0.5, 0.6) is 0 Å². The van der Waals surface area contributed by atoms with Crippen LogP contribution in [0.1, 0.15) is 24.8 Å². The fraction of sp³-hybridized carbons (Fsp3) is 0.278. The molecule has 0 aliphatic heterocycles. The molecule has 1 fully saturated rings. The molecule has 2 heterocycles. The van der Waals surface area contributed by atoms with E-state index >= 15 is 0 Å². The van der Waals surface area contributed by atoms with Gasteiger partial charge >= 0.3 is 0 Å². The number of oxime groups is 1. The topological polar surface area (TPSA) is 63.3 Å². The van der Waals surface area contributed by atoms with Crippen LogP contribution in [0.2, 0.25) is 0 Å². The second-order valence-corrected chi connectivity index (χ2v) is 6.33. The summed E-state index contributed by atoms with van der Waals surface area (Å²) in [6.45, 7) is 0.335. The number of halogens is 3. The molecule has 134 valence electrons. The number of benzene rings is 1. The molecule has 2 aromatic heterocycles. The molecular formula is C18H15F3N4O. The molecule has 1 aromatic carbocycles.